The van der Waals surface area contributed by atoms with Gasteiger partial charge in [-0.15, -0.1) is 0 Å². The second kappa shape index (κ2) is 6.36. The molecule has 1 saturated heterocycles. The molecule has 1 fully saturated rings. The Kier molecular flexibility index (Phi) is 4.80. The number of likely N-dealkylation sites (N-methyl/N-ethyl adjacent to an activating group) is 1. The first-order valence-corrected chi connectivity index (χ1v) is 6.94. The molecule has 0 saturated carbocycles. The van der Waals surface area contributed by atoms with Gasteiger partial charge in [0, 0.05) is 30.3 Å². The Morgan fingerprint density at radius 1 is 1.17 bits per heavy atom. The zero-order valence-corrected chi connectivity index (χ0v) is 12.1. The molecule has 98 valence electrons. The van der Waals surface area contributed by atoms with Gasteiger partial charge in [0.15, 0.2) is 5.11 Å². The summed E-state index contributed by atoms with van der Waals surface area (Å²) in [6, 6.07) is 7.61. The van der Waals surface area contributed by atoms with Crippen molar-refractivity contribution in [3.8, 4) is 0 Å². The fraction of sp³-hybridized carbons (Fsp3) is 0.462. The molecule has 1 aliphatic rings. The van der Waals surface area contributed by atoms with Gasteiger partial charge in [-0.1, -0.05) is 11.6 Å². The number of anilines is 1. The maximum Gasteiger partial charge on any atom is 0.173 e. The van der Waals surface area contributed by atoms with Crippen LogP contribution in [0.25, 0.3) is 0 Å². The van der Waals surface area contributed by atoms with Gasteiger partial charge in [-0.05, 0) is 56.5 Å². The average molecular weight is 284 g/mol. The first kappa shape index (κ1) is 13.6. The minimum absolute atomic E-state index is 0.739. The number of hydrogen-bond acceptors (Lipinski definition) is 2. The molecule has 1 aromatic carbocycles. The van der Waals surface area contributed by atoms with Crippen LogP contribution >= 0.6 is 23.8 Å². The second-order valence-electron chi connectivity index (χ2n) is 4.58. The summed E-state index contributed by atoms with van der Waals surface area (Å²) in [7, 11) is 2.15. The van der Waals surface area contributed by atoms with Crippen LogP contribution in [0.2, 0.25) is 5.02 Å². The maximum atomic E-state index is 5.86. The highest BCUT2D eigenvalue weighted by Gasteiger charge is 2.14. The molecule has 0 aliphatic carbocycles. The molecule has 0 unspecified atom stereocenters. The lowest BCUT2D eigenvalue weighted by Crippen LogP contribution is -2.37. The first-order valence-electron chi connectivity index (χ1n) is 6.15. The number of hydrogen-bond donors (Lipinski definition) is 1. The number of nitrogens with one attached hydrogen (secondary N) is 1. The van der Waals surface area contributed by atoms with Gasteiger partial charge < -0.3 is 15.1 Å². The molecule has 1 aliphatic heterocycles. The molecular weight excluding hydrogens is 266 g/mol. The lowest BCUT2D eigenvalue weighted by atomic mass is 10.3. The van der Waals surface area contributed by atoms with Crippen LogP contribution in [-0.4, -0.2) is 48.1 Å². The van der Waals surface area contributed by atoms with Crippen molar-refractivity contribution in [1.82, 2.24) is 9.80 Å². The van der Waals surface area contributed by atoms with Gasteiger partial charge in [0.2, 0.25) is 0 Å². The molecule has 2 rings (SSSR count). The van der Waals surface area contributed by atoms with Gasteiger partial charge >= 0.3 is 0 Å². The van der Waals surface area contributed by atoms with Gasteiger partial charge in [0.25, 0.3) is 0 Å². The third kappa shape index (κ3) is 3.83. The highest BCUT2D eigenvalue weighted by molar-refractivity contribution is 7.80. The molecule has 5 heteroatoms. The van der Waals surface area contributed by atoms with E-state index in [4.69, 9.17) is 23.8 Å². The lowest BCUT2D eigenvalue weighted by molar-refractivity contribution is 0.347. The van der Waals surface area contributed by atoms with Crippen molar-refractivity contribution in [2.75, 3.05) is 38.5 Å². The second-order valence-corrected chi connectivity index (χ2v) is 5.40. The summed E-state index contributed by atoms with van der Waals surface area (Å²) in [6.07, 6.45) is 1.15. The van der Waals surface area contributed by atoms with E-state index in [-0.39, 0.29) is 0 Å². The monoisotopic (exact) mass is 283 g/mol. The molecule has 1 N–H and O–H groups in total. The third-order valence-corrected chi connectivity index (χ3v) is 3.71. The molecule has 3 nitrogen and oxygen atoms in total. The summed E-state index contributed by atoms with van der Waals surface area (Å²) in [4.78, 5) is 4.57. The fourth-order valence-electron chi connectivity index (χ4n) is 1.99. The van der Waals surface area contributed by atoms with E-state index in [1.54, 1.807) is 0 Å². The minimum Gasteiger partial charge on any atom is -0.348 e. The Balaban J connectivity index is 1.92. The first-order chi connectivity index (χ1) is 8.65. The van der Waals surface area contributed by atoms with Crippen molar-refractivity contribution in [2.24, 2.45) is 0 Å². The summed E-state index contributed by atoms with van der Waals surface area (Å²) < 4.78 is 0. The molecule has 0 radical (unpaired) electrons. The van der Waals surface area contributed by atoms with Crippen molar-refractivity contribution in [3.05, 3.63) is 29.3 Å². The van der Waals surface area contributed by atoms with E-state index < -0.39 is 0 Å². The van der Waals surface area contributed by atoms with Crippen LogP contribution in [0, 0.1) is 0 Å². The van der Waals surface area contributed by atoms with E-state index in [1.165, 1.54) is 0 Å². The van der Waals surface area contributed by atoms with E-state index in [1.807, 2.05) is 24.3 Å². The largest absolute Gasteiger partial charge is 0.348 e. The predicted octanol–water partition coefficient (Wildman–Crippen LogP) is 2.67. The van der Waals surface area contributed by atoms with Gasteiger partial charge in [-0.2, -0.15) is 0 Å². The van der Waals surface area contributed by atoms with Gasteiger partial charge in [0.1, 0.15) is 0 Å². The van der Waals surface area contributed by atoms with Crippen LogP contribution in [0.3, 0.4) is 0 Å². The number of benzene rings is 1. The van der Waals surface area contributed by atoms with E-state index in [9.17, 15) is 0 Å². The zero-order valence-electron chi connectivity index (χ0n) is 10.5. The smallest absolute Gasteiger partial charge is 0.173 e. The number of thiocarbonyl (C=S) groups is 1. The van der Waals surface area contributed by atoms with Crippen LogP contribution in [0.4, 0.5) is 5.69 Å². The van der Waals surface area contributed by atoms with Crippen molar-refractivity contribution in [3.63, 3.8) is 0 Å². The highest BCUT2D eigenvalue weighted by Crippen LogP contribution is 2.14. The van der Waals surface area contributed by atoms with Crippen LogP contribution in [-0.2, 0) is 0 Å². The average Bonchev–Trinajstić information content (AvgIpc) is 2.57. The van der Waals surface area contributed by atoms with Crippen LogP contribution < -0.4 is 5.32 Å². The highest BCUT2D eigenvalue weighted by atomic mass is 35.5. The van der Waals surface area contributed by atoms with Gasteiger partial charge in [-0.25, -0.2) is 0 Å². The molecule has 0 aromatic heterocycles. The van der Waals surface area contributed by atoms with Crippen molar-refractivity contribution in [1.29, 1.82) is 0 Å². The van der Waals surface area contributed by atoms with E-state index in [0.29, 0.717) is 0 Å². The maximum absolute atomic E-state index is 5.86. The standard InChI is InChI=1S/C13H18ClN3S/c1-16-7-2-8-17(10-9-16)13(18)15-12-5-3-11(14)4-6-12/h3-6H,2,7-10H2,1H3,(H,15,18). The number of rotatable bonds is 1. The molecule has 0 amide bonds. The van der Waals surface area contributed by atoms with E-state index in [2.05, 4.69) is 22.2 Å². The Bertz CT molecular complexity index is 407. The molecular formula is C13H18ClN3S. The summed E-state index contributed by atoms with van der Waals surface area (Å²) in [5.74, 6) is 0. The summed E-state index contributed by atoms with van der Waals surface area (Å²) >= 11 is 11.3. The lowest BCUT2D eigenvalue weighted by Gasteiger charge is -2.24. The third-order valence-electron chi connectivity index (χ3n) is 3.10. The topological polar surface area (TPSA) is 18.5 Å². The Morgan fingerprint density at radius 3 is 2.61 bits per heavy atom. The molecule has 0 atom stereocenters. The number of nitrogens with zero attached hydrogens (tertiary/aromatic N) is 2. The van der Waals surface area contributed by atoms with Crippen molar-refractivity contribution >= 4 is 34.6 Å². The molecule has 0 spiro atoms. The van der Waals surface area contributed by atoms with Crippen LogP contribution in [0.5, 0.6) is 0 Å². The summed E-state index contributed by atoms with van der Waals surface area (Å²) in [5.41, 5.74) is 0.988. The minimum atomic E-state index is 0.739. The quantitative estimate of drug-likeness (QED) is 0.799. The molecule has 1 heterocycles. The molecule has 18 heavy (non-hydrogen) atoms. The zero-order chi connectivity index (χ0) is 13.0. The normalized spacial score (nSPS) is 17.3. The van der Waals surface area contributed by atoms with Crippen LogP contribution in [0.1, 0.15) is 6.42 Å². The SMILES string of the molecule is CN1CCCN(C(=S)Nc2ccc(Cl)cc2)CC1. The molecule has 0 bridgehead atoms. The van der Waals surface area contributed by atoms with Gasteiger partial charge in [0.05, 0.1) is 0 Å². The van der Waals surface area contributed by atoms with E-state index in [0.717, 1.165) is 48.4 Å². The fourth-order valence-corrected chi connectivity index (χ4v) is 2.41. The van der Waals surface area contributed by atoms with Gasteiger partial charge in [-0.3, -0.25) is 0 Å². The predicted molar refractivity (Wildman–Crippen MR) is 81.4 cm³/mol. The van der Waals surface area contributed by atoms with E-state index >= 15 is 0 Å². The van der Waals surface area contributed by atoms with Crippen molar-refractivity contribution < 1.29 is 0 Å². The Morgan fingerprint density at radius 2 is 1.89 bits per heavy atom. The summed E-state index contributed by atoms with van der Waals surface area (Å²) in [5, 5.41) is 4.80. The number of halogens is 1. The van der Waals surface area contributed by atoms with Crippen molar-refractivity contribution in [2.45, 2.75) is 6.42 Å². The Hall–Kier alpha value is -0.840. The molecule has 1 aromatic rings. The summed E-state index contributed by atoms with van der Waals surface area (Å²) in [6.45, 7) is 4.20. The Labute approximate surface area is 119 Å². The van der Waals surface area contributed by atoms with Crippen LogP contribution in [0.15, 0.2) is 24.3 Å².